The third kappa shape index (κ3) is 2.22. The zero-order valence-electron chi connectivity index (χ0n) is 9.30. The Hall–Kier alpha value is -0.250. The van der Waals surface area contributed by atoms with E-state index in [1.54, 1.807) is 11.3 Å². The van der Waals surface area contributed by atoms with Crippen molar-refractivity contribution < 1.29 is 4.42 Å². The summed E-state index contributed by atoms with van der Waals surface area (Å²) in [4.78, 5) is 2.40. The van der Waals surface area contributed by atoms with Crippen molar-refractivity contribution in [3.05, 3.63) is 43.4 Å². The van der Waals surface area contributed by atoms with E-state index in [-0.39, 0.29) is 5.38 Å². The van der Waals surface area contributed by atoms with Gasteiger partial charge in [-0.25, -0.2) is 0 Å². The van der Waals surface area contributed by atoms with Crippen molar-refractivity contribution >= 4 is 38.9 Å². The van der Waals surface area contributed by atoms with Crippen LogP contribution in [0.5, 0.6) is 0 Å². The van der Waals surface area contributed by atoms with Gasteiger partial charge in [-0.1, -0.05) is 0 Å². The van der Waals surface area contributed by atoms with Gasteiger partial charge in [0.05, 0.1) is 5.38 Å². The molecule has 2 heterocycles. The predicted molar refractivity (Wildman–Crippen MR) is 72.6 cm³/mol. The van der Waals surface area contributed by atoms with Crippen molar-refractivity contribution in [2.24, 2.45) is 0 Å². The minimum Gasteiger partial charge on any atom is -0.466 e. The van der Waals surface area contributed by atoms with Gasteiger partial charge < -0.3 is 4.42 Å². The number of halogens is 2. The monoisotopic (exact) mass is 318 g/mol. The van der Waals surface area contributed by atoms with E-state index in [0.29, 0.717) is 0 Å². The van der Waals surface area contributed by atoms with E-state index in [1.165, 1.54) is 4.88 Å². The fraction of sp³-hybridized carbons (Fsp3) is 0.333. The number of aryl methyl sites for hydroxylation is 3. The van der Waals surface area contributed by atoms with Crippen molar-refractivity contribution in [3.8, 4) is 0 Å². The third-order valence-corrected chi connectivity index (χ3v) is 5.28. The van der Waals surface area contributed by atoms with Crippen molar-refractivity contribution in [1.82, 2.24) is 0 Å². The Morgan fingerprint density at radius 1 is 1.31 bits per heavy atom. The first-order chi connectivity index (χ1) is 7.49. The van der Waals surface area contributed by atoms with Gasteiger partial charge in [-0.15, -0.1) is 22.9 Å². The van der Waals surface area contributed by atoms with Gasteiger partial charge in [0, 0.05) is 19.8 Å². The molecule has 0 N–H and O–H groups in total. The Bertz CT molecular complexity index is 496. The number of furan rings is 1. The summed E-state index contributed by atoms with van der Waals surface area (Å²) in [6.07, 6.45) is 0. The highest BCUT2D eigenvalue weighted by Crippen LogP contribution is 2.39. The van der Waals surface area contributed by atoms with E-state index < -0.39 is 0 Å². The normalized spacial score (nSPS) is 13.1. The second-order valence-electron chi connectivity index (χ2n) is 3.78. The summed E-state index contributed by atoms with van der Waals surface area (Å²) in [7, 11) is 0. The van der Waals surface area contributed by atoms with Crippen LogP contribution < -0.4 is 0 Å². The minimum absolute atomic E-state index is 0.118. The average molecular weight is 320 g/mol. The fourth-order valence-corrected chi connectivity index (χ4v) is 3.63. The summed E-state index contributed by atoms with van der Waals surface area (Å²) in [6.45, 7) is 5.97. The molecule has 0 aliphatic rings. The largest absolute Gasteiger partial charge is 0.466 e. The summed E-state index contributed by atoms with van der Waals surface area (Å²) >= 11 is 11.7. The first-order valence-corrected chi connectivity index (χ1v) is 7.00. The highest BCUT2D eigenvalue weighted by Gasteiger charge is 2.19. The van der Waals surface area contributed by atoms with Crippen LogP contribution in [-0.2, 0) is 0 Å². The molecule has 0 fully saturated rings. The second-order valence-corrected chi connectivity index (χ2v) is 6.36. The standard InChI is InChI=1S/C12H12BrClOS/c1-6-4-9(7(2)15-6)12(14)11-5-10(13)8(3)16-11/h4-5,12H,1-3H3. The number of alkyl halides is 1. The molecule has 16 heavy (non-hydrogen) atoms. The summed E-state index contributed by atoms with van der Waals surface area (Å²) in [5.74, 6) is 1.81. The van der Waals surface area contributed by atoms with Gasteiger partial charge in [0.15, 0.2) is 0 Å². The lowest BCUT2D eigenvalue weighted by molar-refractivity contribution is 0.501. The van der Waals surface area contributed by atoms with Crippen LogP contribution in [0, 0.1) is 20.8 Å². The first kappa shape index (κ1) is 12.2. The lowest BCUT2D eigenvalue weighted by Gasteiger charge is -2.04. The van der Waals surface area contributed by atoms with Crippen LogP contribution in [-0.4, -0.2) is 0 Å². The van der Waals surface area contributed by atoms with Crippen LogP contribution in [0.25, 0.3) is 0 Å². The van der Waals surface area contributed by atoms with Crippen LogP contribution >= 0.6 is 38.9 Å². The van der Waals surface area contributed by atoms with Gasteiger partial charge in [0.25, 0.3) is 0 Å². The van der Waals surface area contributed by atoms with Gasteiger partial charge in [-0.3, -0.25) is 0 Å². The van der Waals surface area contributed by atoms with Gasteiger partial charge >= 0.3 is 0 Å². The van der Waals surface area contributed by atoms with Crippen LogP contribution in [0.1, 0.15) is 32.2 Å². The molecular formula is C12H12BrClOS. The van der Waals surface area contributed by atoms with Crippen LogP contribution in [0.3, 0.4) is 0 Å². The molecule has 1 atom stereocenters. The molecule has 1 nitrogen and oxygen atoms in total. The minimum atomic E-state index is -0.118. The van der Waals surface area contributed by atoms with Crippen LogP contribution in [0.2, 0.25) is 0 Å². The lowest BCUT2D eigenvalue weighted by atomic mass is 10.1. The van der Waals surface area contributed by atoms with E-state index in [1.807, 2.05) is 19.9 Å². The fourth-order valence-electron chi connectivity index (χ4n) is 1.66. The molecule has 86 valence electrons. The second kappa shape index (κ2) is 4.55. The Morgan fingerprint density at radius 3 is 2.44 bits per heavy atom. The van der Waals surface area contributed by atoms with Gasteiger partial charge in [0.2, 0.25) is 0 Å². The highest BCUT2D eigenvalue weighted by atomic mass is 79.9. The highest BCUT2D eigenvalue weighted by molar-refractivity contribution is 9.10. The molecule has 4 heteroatoms. The Balaban J connectivity index is 2.38. The molecule has 0 aromatic carbocycles. The van der Waals surface area contributed by atoms with Gasteiger partial charge in [-0.2, -0.15) is 0 Å². The van der Waals surface area contributed by atoms with Crippen molar-refractivity contribution in [3.63, 3.8) is 0 Å². The van der Waals surface area contributed by atoms with E-state index in [2.05, 4.69) is 28.9 Å². The molecule has 0 bridgehead atoms. The maximum Gasteiger partial charge on any atom is 0.106 e. The zero-order valence-corrected chi connectivity index (χ0v) is 12.5. The molecule has 0 saturated carbocycles. The van der Waals surface area contributed by atoms with Crippen molar-refractivity contribution in [2.45, 2.75) is 26.1 Å². The summed E-state index contributed by atoms with van der Waals surface area (Å²) in [5, 5.41) is -0.118. The number of hydrogen-bond donors (Lipinski definition) is 0. The predicted octanol–water partition coefficient (Wildman–Crippen LogP) is 5.36. The molecule has 2 aromatic rings. The van der Waals surface area contributed by atoms with E-state index in [0.717, 1.165) is 26.4 Å². The van der Waals surface area contributed by atoms with Crippen molar-refractivity contribution in [1.29, 1.82) is 0 Å². The van der Waals surface area contributed by atoms with Gasteiger partial charge in [0.1, 0.15) is 11.5 Å². The van der Waals surface area contributed by atoms with E-state index in [9.17, 15) is 0 Å². The van der Waals surface area contributed by atoms with E-state index in [4.69, 9.17) is 16.0 Å². The molecule has 0 radical (unpaired) electrons. The third-order valence-electron chi connectivity index (χ3n) is 2.48. The topological polar surface area (TPSA) is 13.1 Å². The SMILES string of the molecule is Cc1cc(C(Cl)c2cc(Br)c(C)s2)c(C)o1. The lowest BCUT2D eigenvalue weighted by Crippen LogP contribution is -1.89. The number of rotatable bonds is 2. The number of thiophene rings is 1. The number of hydrogen-bond acceptors (Lipinski definition) is 2. The molecule has 1 unspecified atom stereocenters. The van der Waals surface area contributed by atoms with Crippen LogP contribution in [0.4, 0.5) is 0 Å². The zero-order chi connectivity index (χ0) is 11.9. The van der Waals surface area contributed by atoms with Crippen molar-refractivity contribution in [2.75, 3.05) is 0 Å². The molecule has 0 amide bonds. The summed E-state index contributed by atoms with van der Waals surface area (Å²) < 4.78 is 6.62. The molecule has 2 aromatic heterocycles. The smallest absolute Gasteiger partial charge is 0.106 e. The Labute approximate surface area is 113 Å². The molecular weight excluding hydrogens is 308 g/mol. The maximum atomic E-state index is 6.47. The molecule has 0 spiro atoms. The Morgan fingerprint density at radius 2 is 2.00 bits per heavy atom. The molecule has 0 aliphatic carbocycles. The summed E-state index contributed by atoms with van der Waals surface area (Å²) in [5.41, 5.74) is 1.06. The van der Waals surface area contributed by atoms with Gasteiger partial charge in [-0.05, 0) is 48.8 Å². The molecule has 0 aliphatic heterocycles. The van der Waals surface area contributed by atoms with Crippen LogP contribution in [0.15, 0.2) is 21.0 Å². The average Bonchev–Trinajstić information content (AvgIpc) is 2.70. The molecule has 2 rings (SSSR count). The first-order valence-electron chi connectivity index (χ1n) is 4.96. The quantitative estimate of drug-likeness (QED) is 0.679. The molecule has 0 saturated heterocycles. The Kier molecular flexibility index (Phi) is 3.48. The van der Waals surface area contributed by atoms with E-state index >= 15 is 0 Å². The summed E-state index contributed by atoms with van der Waals surface area (Å²) in [6, 6.07) is 4.09. The maximum absolute atomic E-state index is 6.47.